The minimum absolute atomic E-state index is 0.335. The highest BCUT2D eigenvalue weighted by Gasteiger charge is 2.39. The Hall–Kier alpha value is -2.65. The highest BCUT2D eigenvalue weighted by molar-refractivity contribution is 5.94. The van der Waals surface area contributed by atoms with Gasteiger partial charge < -0.3 is 14.4 Å². The predicted octanol–water partition coefficient (Wildman–Crippen LogP) is 3.11. The third-order valence-corrected chi connectivity index (χ3v) is 3.49. The number of carboxylic acid groups (broad SMARTS) is 1. The molecule has 1 N–H and O–H groups in total. The van der Waals surface area contributed by atoms with Gasteiger partial charge in [0.2, 0.25) is 11.2 Å². The number of nitrogens with zero attached hydrogens (tertiary/aromatic N) is 1. The van der Waals surface area contributed by atoms with Crippen molar-refractivity contribution in [2.75, 3.05) is 7.11 Å². The van der Waals surface area contributed by atoms with Gasteiger partial charge in [0.1, 0.15) is 11.6 Å². The number of pyridine rings is 1. The number of benzene rings is 1. The van der Waals surface area contributed by atoms with Crippen LogP contribution < -0.4 is 10.2 Å². The third-order valence-electron chi connectivity index (χ3n) is 3.49. The topological polar surface area (TPSA) is 68.5 Å². The first-order chi connectivity index (χ1) is 11.0. The molecule has 0 aliphatic rings. The molecule has 0 aliphatic carbocycles. The number of fused-ring (bicyclic) bond motifs is 1. The van der Waals surface area contributed by atoms with Crippen LogP contribution in [-0.4, -0.2) is 28.9 Å². The summed E-state index contributed by atoms with van der Waals surface area (Å²) in [5.74, 6) is -5.86. The van der Waals surface area contributed by atoms with Crippen molar-refractivity contribution in [3.8, 4) is 5.75 Å². The third kappa shape index (κ3) is 2.68. The second-order valence-corrected chi connectivity index (χ2v) is 4.90. The molecule has 1 heterocycles. The number of halogens is 5. The van der Waals surface area contributed by atoms with E-state index in [2.05, 4.69) is 4.74 Å². The van der Waals surface area contributed by atoms with E-state index in [0.29, 0.717) is 23.8 Å². The van der Waals surface area contributed by atoms with E-state index in [1.165, 1.54) is 0 Å². The maximum atomic E-state index is 13.8. The van der Waals surface area contributed by atoms with Gasteiger partial charge in [0, 0.05) is 6.20 Å². The van der Waals surface area contributed by atoms with E-state index in [4.69, 9.17) is 5.11 Å². The normalized spacial score (nSPS) is 13.1. The Morgan fingerprint density at radius 3 is 2.38 bits per heavy atom. The molecule has 0 aliphatic heterocycles. The molecular formula is C14H10F5NO4. The lowest BCUT2D eigenvalue weighted by molar-refractivity contribution is -0.162. The zero-order valence-electron chi connectivity index (χ0n) is 12.2. The van der Waals surface area contributed by atoms with E-state index >= 15 is 0 Å². The number of rotatable bonds is 3. The van der Waals surface area contributed by atoms with E-state index in [9.17, 15) is 31.5 Å². The summed E-state index contributed by atoms with van der Waals surface area (Å²) in [7, 11) is 0.884. The second-order valence-electron chi connectivity index (χ2n) is 4.90. The number of methoxy groups -OCH3 is 1. The molecule has 0 radical (unpaired) electrons. The fourth-order valence-corrected chi connectivity index (χ4v) is 2.23. The average Bonchev–Trinajstić information content (AvgIpc) is 2.48. The highest BCUT2D eigenvalue weighted by Crippen LogP contribution is 2.36. The average molecular weight is 351 g/mol. The van der Waals surface area contributed by atoms with Gasteiger partial charge in [0.15, 0.2) is 11.6 Å². The molecule has 24 heavy (non-hydrogen) atoms. The van der Waals surface area contributed by atoms with Crippen LogP contribution in [-0.2, 0) is 0 Å². The maximum absolute atomic E-state index is 13.8. The fraction of sp³-hybridized carbons (Fsp3) is 0.286. The minimum atomic E-state index is -4.84. The summed E-state index contributed by atoms with van der Waals surface area (Å²) in [4.78, 5) is 23.2. The molecule has 2 rings (SSSR count). The van der Waals surface area contributed by atoms with Crippen molar-refractivity contribution in [3.63, 3.8) is 0 Å². The Morgan fingerprint density at radius 1 is 1.33 bits per heavy atom. The fourth-order valence-electron chi connectivity index (χ4n) is 2.23. The van der Waals surface area contributed by atoms with E-state index in [-0.39, 0.29) is 0 Å². The van der Waals surface area contributed by atoms with Crippen molar-refractivity contribution in [1.82, 2.24) is 4.57 Å². The molecule has 10 heteroatoms. The van der Waals surface area contributed by atoms with Crippen LogP contribution in [0.25, 0.3) is 10.9 Å². The number of carboxylic acids is 1. The van der Waals surface area contributed by atoms with Gasteiger partial charge in [-0.2, -0.15) is 17.6 Å². The maximum Gasteiger partial charge on any atom is 0.408 e. The Labute approximate surface area is 130 Å². The van der Waals surface area contributed by atoms with E-state index in [0.717, 1.165) is 7.11 Å². The van der Waals surface area contributed by atoms with Crippen LogP contribution in [0, 0.1) is 11.6 Å². The molecule has 5 nitrogen and oxygen atoms in total. The van der Waals surface area contributed by atoms with Crippen molar-refractivity contribution in [1.29, 1.82) is 0 Å². The number of ether oxygens (including phenoxy) is 1. The summed E-state index contributed by atoms with van der Waals surface area (Å²) in [6.45, 7) is 0.677. The summed E-state index contributed by atoms with van der Waals surface area (Å²) in [6.07, 6.45) is -4.40. The zero-order valence-corrected chi connectivity index (χ0v) is 12.2. The van der Waals surface area contributed by atoms with Gasteiger partial charge >= 0.3 is 12.1 Å². The van der Waals surface area contributed by atoms with Gasteiger partial charge in [-0.1, -0.05) is 0 Å². The van der Waals surface area contributed by atoms with Crippen molar-refractivity contribution in [3.05, 3.63) is 39.7 Å². The summed E-state index contributed by atoms with van der Waals surface area (Å²) in [5, 5.41) is 8.26. The van der Waals surface area contributed by atoms with Gasteiger partial charge in [-0.25, -0.2) is 9.18 Å². The summed E-state index contributed by atoms with van der Waals surface area (Å²) in [5.41, 5.74) is -2.94. The van der Waals surface area contributed by atoms with Crippen molar-refractivity contribution in [2.24, 2.45) is 0 Å². The summed E-state index contributed by atoms with van der Waals surface area (Å²) in [6, 6.07) is -1.97. The van der Waals surface area contributed by atoms with E-state index in [1.807, 2.05) is 0 Å². The van der Waals surface area contributed by atoms with Crippen LogP contribution in [0.2, 0.25) is 0 Å². The van der Waals surface area contributed by atoms with Gasteiger partial charge in [-0.05, 0) is 13.0 Å². The zero-order chi connectivity index (χ0) is 18.4. The molecule has 1 aromatic carbocycles. The number of hydrogen-bond acceptors (Lipinski definition) is 3. The Kier molecular flexibility index (Phi) is 4.25. The molecule has 130 valence electrons. The lowest BCUT2D eigenvalue weighted by Crippen LogP contribution is -2.28. The SMILES string of the molecule is COc1c(F)c(F)cc2c(=O)c(C(=O)O)cn([C@@H](C)C(F)(F)F)c12. The predicted molar refractivity (Wildman–Crippen MR) is 72.4 cm³/mol. The smallest absolute Gasteiger partial charge is 0.408 e. The van der Waals surface area contributed by atoms with Crippen LogP contribution in [0.4, 0.5) is 22.0 Å². The monoisotopic (exact) mass is 351 g/mol. The summed E-state index contributed by atoms with van der Waals surface area (Å²) >= 11 is 0. The van der Waals surface area contributed by atoms with Crippen LogP contribution in [0.15, 0.2) is 17.1 Å². The number of carbonyl (C=O) groups is 1. The van der Waals surface area contributed by atoms with Crippen LogP contribution in [0.1, 0.15) is 23.3 Å². The van der Waals surface area contributed by atoms with Gasteiger partial charge in [-0.15, -0.1) is 0 Å². The molecule has 0 unspecified atom stereocenters. The Bertz CT molecular complexity index is 888. The Morgan fingerprint density at radius 2 is 1.92 bits per heavy atom. The molecule has 0 spiro atoms. The first kappa shape index (κ1) is 17.7. The molecule has 0 fully saturated rings. The molecule has 0 amide bonds. The number of aromatic nitrogens is 1. The molecule has 0 saturated heterocycles. The molecular weight excluding hydrogens is 341 g/mol. The van der Waals surface area contributed by atoms with Crippen LogP contribution in [0.5, 0.6) is 5.75 Å². The lowest BCUT2D eigenvalue weighted by Gasteiger charge is -2.23. The molecule has 0 saturated carbocycles. The Balaban J connectivity index is 3.10. The van der Waals surface area contributed by atoms with Crippen molar-refractivity contribution < 1.29 is 36.6 Å². The number of aromatic carboxylic acids is 1. The molecule has 1 aromatic heterocycles. The summed E-state index contributed by atoms with van der Waals surface area (Å²) < 4.78 is 71.6. The van der Waals surface area contributed by atoms with E-state index in [1.54, 1.807) is 0 Å². The quantitative estimate of drug-likeness (QED) is 0.863. The standard InChI is InChI=1S/C14H10F5NO4/c1-5(14(17,18)19)20-4-7(13(22)23)11(21)6-3-8(15)9(16)12(24-2)10(6)20/h3-5H,1-2H3,(H,22,23)/t5-/m0/s1. The van der Waals surface area contributed by atoms with Crippen LogP contribution >= 0.6 is 0 Å². The number of alkyl halides is 3. The van der Waals surface area contributed by atoms with Gasteiger partial charge in [0.05, 0.1) is 18.0 Å². The van der Waals surface area contributed by atoms with Gasteiger partial charge in [0.25, 0.3) is 0 Å². The van der Waals surface area contributed by atoms with Crippen molar-refractivity contribution >= 4 is 16.9 Å². The number of hydrogen-bond donors (Lipinski definition) is 1. The largest absolute Gasteiger partial charge is 0.491 e. The lowest BCUT2D eigenvalue weighted by atomic mass is 10.1. The first-order valence-electron chi connectivity index (χ1n) is 6.41. The van der Waals surface area contributed by atoms with Crippen molar-refractivity contribution in [2.45, 2.75) is 19.1 Å². The van der Waals surface area contributed by atoms with Crippen LogP contribution in [0.3, 0.4) is 0 Å². The second kappa shape index (κ2) is 5.77. The molecule has 1 atom stereocenters. The first-order valence-corrected chi connectivity index (χ1v) is 6.41. The minimum Gasteiger partial charge on any atom is -0.491 e. The van der Waals surface area contributed by atoms with E-state index < -0.39 is 57.5 Å². The molecule has 0 bridgehead atoms. The molecule has 2 aromatic rings. The highest BCUT2D eigenvalue weighted by atomic mass is 19.4. The van der Waals surface area contributed by atoms with Gasteiger partial charge in [-0.3, -0.25) is 4.79 Å².